The van der Waals surface area contributed by atoms with Crippen molar-refractivity contribution in [2.24, 2.45) is 5.73 Å². The van der Waals surface area contributed by atoms with E-state index < -0.39 is 5.82 Å². The predicted octanol–water partition coefficient (Wildman–Crippen LogP) is 3.60. The normalized spacial score (nSPS) is 15.2. The van der Waals surface area contributed by atoms with E-state index in [0.29, 0.717) is 39.5 Å². The van der Waals surface area contributed by atoms with Gasteiger partial charge in [-0.05, 0) is 50.1 Å². The lowest BCUT2D eigenvalue weighted by Crippen LogP contribution is -2.48. The van der Waals surface area contributed by atoms with Crippen LogP contribution in [0.4, 0.5) is 21.7 Å². The molecule has 5 rings (SSSR count). The van der Waals surface area contributed by atoms with Gasteiger partial charge in [-0.15, -0.1) is 0 Å². The lowest BCUT2D eigenvalue weighted by molar-refractivity contribution is 0.364. The van der Waals surface area contributed by atoms with E-state index in [0.717, 1.165) is 31.6 Å². The summed E-state index contributed by atoms with van der Waals surface area (Å²) in [5, 5.41) is 3.78. The van der Waals surface area contributed by atoms with E-state index in [4.69, 9.17) is 11.5 Å². The van der Waals surface area contributed by atoms with Crippen LogP contribution in [-0.2, 0) is 0 Å². The van der Waals surface area contributed by atoms with Gasteiger partial charge in [0.1, 0.15) is 29.2 Å². The van der Waals surface area contributed by atoms with Gasteiger partial charge in [0.25, 0.3) is 0 Å². The molecule has 0 bridgehead atoms. The Balaban J connectivity index is 1.46. The van der Waals surface area contributed by atoms with E-state index in [1.165, 1.54) is 24.7 Å². The monoisotopic (exact) mass is 471 g/mol. The Bertz CT molecular complexity index is 1410. The highest BCUT2D eigenvalue weighted by Crippen LogP contribution is 2.32. The minimum atomic E-state index is -0.390. The number of nitrogen functional groups attached to an aromatic ring is 1. The van der Waals surface area contributed by atoms with Crippen molar-refractivity contribution in [1.29, 1.82) is 0 Å². The molecule has 4 heterocycles. The molecule has 3 aromatic heterocycles. The number of pyridine rings is 1. The molecule has 0 radical (unpaired) electrons. The Morgan fingerprint density at radius 3 is 2.74 bits per heavy atom. The number of piperidine rings is 1. The van der Waals surface area contributed by atoms with Crippen LogP contribution >= 0.6 is 0 Å². The number of nitrogens with one attached hydrogen (secondary N) is 1. The number of halogens is 1. The summed E-state index contributed by atoms with van der Waals surface area (Å²) >= 11 is 0. The molecule has 0 atom stereocenters. The van der Waals surface area contributed by atoms with Gasteiger partial charge in [-0.1, -0.05) is 6.58 Å². The summed E-state index contributed by atoms with van der Waals surface area (Å²) < 4.78 is 13.9. The van der Waals surface area contributed by atoms with Crippen molar-refractivity contribution >= 4 is 33.9 Å². The number of nitrogens with zero attached hydrogens (tertiary/aromatic N) is 6. The highest BCUT2D eigenvalue weighted by atomic mass is 19.1. The first-order valence-corrected chi connectivity index (χ1v) is 11.3. The fraction of sp³-hybridized carbons (Fsp3) is 0.240. The van der Waals surface area contributed by atoms with Gasteiger partial charge in [0.2, 0.25) is 0 Å². The van der Waals surface area contributed by atoms with E-state index in [1.807, 2.05) is 12.1 Å². The van der Waals surface area contributed by atoms with Crippen molar-refractivity contribution in [2.75, 3.05) is 29.0 Å². The minimum Gasteiger partial charge on any atom is -0.382 e. The van der Waals surface area contributed by atoms with Crippen molar-refractivity contribution in [3.05, 3.63) is 67.1 Å². The molecule has 1 saturated heterocycles. The van der Waals surface area contributed by atoms with Crippen LogP contribution in [0.3, 0.4) is 0 Å². The van der Waals surface area contributed by atoms with Crippen LogP contribution in [-0.4, -0.2) is 43.5 Å². The molecule has 0 aliphatic carbocycles. The van der Waals surface area contributed by atoms with E-state index in [1.54, 1.807) is 12.3 Å². The number of aromatic nitrogens is 5. The maximum absolute atomic E-state index is 13.9. The maximum Gasteiger partial charge on any atom is 0.154 e. The Kier molecular flexibility index (Phi) is 5.73. The second-order valence-corrected chi connectivity index (χ2v) is 8.99. The Labute approximate surface area is 202 Å². The lowest BCUT2D eigenvalue weighted by Gasteiger charge is -2.38. The first-order chi connectivity index (χ1) is 16.8. The number of rotatable bonds is 5. The average molecular weight is 472 g/mol. The number of anilines is 3. The van der Waals surface area contributed by atoms with Gasteiger partial charge in [-0.3, -0.25) is 0 Å². The maximum atomic E-state index is 13.9. The van der Waals surface area contributed by atoms with Crippen LogP contribution in [0.25, 0.3) is 28.0 Å². The van der Waals surface area contributed by atoms with Crippen LogP contribution < -0.4 is 21.7 Å². The van der Waals surface area contributed by atoms with Crippen molar-refractivity contribution in [3.8, 4) is 11.4 Å². The first kappa shape index (κ1) is 22.6. The van der Waals surface area contributed by atoms with E-state index >= 15 is 0 Å². The molecule has 1 fully saturated rings. The topological polar surface area (TPSA) is 132 Å². The van der Waals surface area contributed by atoms with Crippen LogP contribution in [0, 0.1) is 5.82 Å². The number of hydrogen-bond acceptors (Lipinski definition) is 9. The summed E-state index contributed by atoms with van der Waals surface area (Å²) in [4.78, 5) is 24.2. The molecule has 0 saturated carbocycles. The van der Waals surface area contributed by atoms with Crippen molar-refractivity contribution < 1.29 is 4.39 Å². The Morgan fingerprint density at radius 2 is 1.94 bits per heavy atom. The third kappa shape index (κ3) is 4.60. The van der Waals surface area contributed by atoms with Crippen molar-refractivity contribution in [2.45, 2.75) is 25.3 Å². The van der Waals surface area contributed by atoms with E-state index in [9.17, 15) is 4.39 Å². The molecular formula is C25H26FN9. The number of fused-ring (bicyclic) bond motifs is 1. The fourth-order valence-electron chi connectivity index (χ4n) is 4.18. The highest BCUT2D eigenvalue weighted by molar-refractivity contribution is 5.91. The molecule has 5 N–H and O–H groups in total. The molecule has 0 unspecified atom stereocenters. The Morgan fingerprint density at radius 1 is 1.14 bits per heavy atom. The van der Waals surface area contributed by atoms with Crippen LogP contribution in [0.1, 0.15) is 25.5 Å². The summed E-state index contributed by atoms with van der Waals surface area (Å²) in [6, 6.07) is 8.23. The van der Waals surface area contributed by atoms with Crippen molar-refractivity contribution in [1.82, 2.24) is 24.9 Å². The number of nitrogens with two attached hydrogens (primary N) is 2. The second kappa shape index (κ2) is 8.88. The molecule has 35 heavy (non-hydrogen) atoms. The van der Waals surface area contributed by atoms with Gasteiger partial charge in [0, 0.05) is 30.2 Å². The van der Waals surface area contributed by atoms with Crippen LogP contribution in [0.2, 0.25) is 0 Å². The molecule has 1 aliphatic heterocycles. The van der Waals surface area contributed by atoms with Crippen LogP contribution in [0.15, 0.2) is 55.6 Å². The number of hydrogen-bond donors (Lipinski definition) is 3. The molecular weight excluding hydrogens is 445 g/mol. The molecule has 9 nitrogen and oxygen atoms in total. The SMILES string of the molecule is C=C(Nc1ncccc1N1CCC(C)(N)CC1)c1nc(-c2ncnc3ccc(F)cc23)cnc1N. The van der Waals surface area contributed by atoms with Gasteiger partial charge >= 0.3 is 0 Å². The summed E-state index contributed by atoms with van der Waals surface area (Å²) in [5.74, 6) is 0.447. The highest BCUT2D eigenvalue weighted by Gasteiger charge is 2.27. The average Bonchev–Trinajstić information content (AvgIpc) is 2.84. The predicted molar refractivity (Wildman–Crippen MR) is 136 cm³/mol. The third-order valence-corrected chi connectivity index (χ3v) is 6.23. The lowest BCUT2D eigenvalue weighted by atomic mass is 9.91. The summed E-state index contributed by atoms with van der Waals surface area (Å²) in [7, 11) is 0. The second-order valence-electron chi connectivity index (χ2n) is 8.99. The summed E-state index contributed by atoms with van der Waals surface area (Å²) in [5.41, 5.74) is 15.5. The molecule has 4 aromatic rings. The molecule has 1 aliphatic rings. The van der Waals surface area contributed by atoms with Gasteiger partial charge < -0.3 is 21.7 Å². The standard InChI is InChI=1S/C25H26FN9/c1-15(33-24-20(4-3-9-29-24)35-10-7-25(2,28)8-11-35)21-23(27)30-13-19(34-21)22-17-12-16(26)5-6-18(17)31-14-32-22/h3-6,9,12-14H,1,7-8,10-11,28H2,2H3,(H2,27,30)(H,29,33). The van der Waals surface area contributed by atoms with E-state index in [2.05, 4.69) is 48.6 Å². The van der Waals surface area contributed by atoms with Gasteiger partial charge in [0.15, 0.2) is 11.6 Å². The molecule has 178 valence electrons. The van der Waals surface area contributed by atoms with Gasteiger partial charge in [0.05, 0.1) is 23.1 Å². The van der Waals surface area contributed by atoms with Gasteiger partial charge in [-0.2, -0.15) is 0 Å². The quantitative estimate of drug-likeness (QED) is 0.399. The van der Waals surface area contributed by atoms with Crippen LogP contribution in [0.5, 0.6) is 0 Å². The zero-order valence-electron chi connectivity index (χ0n) is 19.4. The molecule has 10 heteroatoms. The molecule has 0 spiro atoms. The third-order valence-electron chi connectivity index (χ3n) is 6.23. The summed E-state index contributed by atoms with van der Waals surface area (Å²) in [6.07, 6.45) is 6.39. The Hall–Kier alpha value is -4.18. The molecule has 0 amide bonds. The van der Waals surface area contributed by atoms with E-state index in [-0.39, 0.29) is 11.4 Å². The number of benzene rings is 1. The fourth-order valence-corrected chi connectivity index (χ4v) is 4.18. The minimum absolute atomic E-state index is 0.158. The van der Waals surface area contributed by atoms with Gasteiger partial charge in [-0.25, -0.2) is 29.3 Å². The molecule has 1 aromatic carbocycles. The smallest absolute Gasteiger partial charge is 0.154 e. The largest absolute Gasteiger partial charge is 0.382 e. The zero-order chi connectivity index (χ0) is 24.6. The first-order valence-electron chi connectivity index (χ1n) is 11.3. The summed E-state index contributed by atoms with van der Waals surface area (Å²) in [6.45, 7) is 7.87. The zero-order valence-corrected chi connectivity index (χ0v) is 19.4. The van der Waals surface area contributed by atoms with Crippen molar-refractivity contribution in [3.63, 3.8) is 0 Å².